The second kappa shape index (κ2) is 2.70. The van der Waals surface area contributed by atoms with Gasteiger partial charge in [0.25, 0.3) is 0 Å². The average molecular weight is 141 g/mol. The smallest absolute Gasteiger partial charge is 0.117 e. The number of benzene rings is 1. The van der Waals surface area contributed by atoms with E-state index in [0.717, 1.165) is 5.69 Å². The summed E-state index contributed by atoms with van der Waals surface area (Å²) in [5.74, 6) is 0.280. The Bertz CT molecular complexity index is 202. The molecule has 0 fully saturated rings. The molecule has 0 heterocycles. The Morgan fingerprint density at radius 3 is 2.67 bits per heavy atom. The Morgan fingerprint density at radius 2 is 2.22 bits per heavy atom. The van der Waals surface area contributed by atoms with Gasteiger partial charge in [-0.05, 0) is 21.5 Å². The van der Waals surface area contributed by atoms with Crippen LogP contribution in [0.1, 0.15) is 0 Å². The van der Waals surface area contributed by atoms with Gasteiger partial charge in [0.15, 0.2) is 0 Å². The predicted molar refractivity (Wildman–Crippen MR) is 41.4 cm³/mol. The van der Waals surface area contributed by atoms with Gasteiger partial charge in [-0.25, -0.2) is 0 Å². The first-order chi connectivity index (χ1) is 4.33. The molecular formula is C6H8NOP. The number of hydrogen-bond acceptors (Lipinski definition) is 2. The van der Waals surface area contributed by atoms with E-state index < -0.39 is 0 Å². The van der Waals surface area contributed by atoms with E-state index in [1.165, 1.54) is 0 Å². The molecule has 0 radical (unpaired) electrons. The number of phenolic OH excluding ortho intramolecular Hbond substituents is 1. The SMILES string of the molecule is Oc1cccc(NP)c1. The van der Waals surface area contributed by atoms with Gasteiger partial charge in [-0.1, -0.05) is 6.07 Å². The zero-order chi connectivity index (χ0) is 6.69. The molecule has 0 aliphatic carbocycles. The lowest BCUT2D eigenvalue weighted by atomic mass is 10.3. The van der Waals surface area contributed by atoms with Crippen LogP contribution in [0.25, 0.3) is 0 Å². The molecule has 0 aliphatic heterocycles. The van der Waals surface area contributed by atoms with Crippen LogP contribution >= 0.6 is 9.39 Å². The third kappa shape index (κ3) is 1.58. The molecule has 1 aromatic carbocycles. The van der Waals surface area contributed by atoms with Crippen LogP contribution in [0.5, 0.6) is 5.75 Å². The van der Waals surface area contributed by atoms with Gasteiger partial charge in [0, 0.05) is 11.8 Å². The van der Waals surface area contributed by atoms with E-state index in [0.29, 0.717) is 0 Å². The van der Waals surface area contributed by atoms with Crippen LogP contribution < -0.4 is 5.09 Å². The second-order valence-electron chi connectivity index (χ2n) is 1.69. The van der Waals surface area contributed by atoms with Gasteiger partial charge in [-0.15, -0.1) is 0 Å². The molecule has 0 saturated carbocycles. The fourth-order valence-corrected chi connectivity index (χ4v) is 0.775. The minimum Gasteiger partial charge on any atom is -0.508 e. The predicted octanol–water partition coefficient (Wildman–Crippen LogP) is 1.59. The maximum atomic E-state index is 8.89. The van der Waals surface area contributed by atoms with Gasteiger partial charge in [0.1, 0.15) is 5.75 Å². The molecule has 2 nitrogen and oxygen atoms in total. The lowest BCUT2D eigenvalue weighted by molar-refractivity contribution is 0.475. The number of anilines is 1. The molecule has 2 N–H and O–H groups in total. The van der Waals surface area contributed by atoms with Crippen molar-refractivity contribution in [2.75, 3.05) is 5.09 Å². The van der Waals surface area contributed by atoms with Crippen molar-refractivity contribution in [1.29, 1.82) is 0 Å². The van der Waals surface area contributed by atoms with E-state index in [-0.39, 0.29) is 5.75 Å². The minimum absolute atomic E-state index is 0.280. The molecule has 0 amide bonds. The molecule has 1 rings (SSSR count). The molecule has 9 heavy (non-hydrogen) atoms. The van der Waals surface area contributed by atoms with Crippen LogP contribution in [0.2, 0.25) is 0 Å². The molecular weight excluding hydrogens is 133 g/mol. The first-order valence-corrected chi connectivity index (χ1v) is 3.16. The fraction of sp³-hybridized carbons (Fsp3) is 0. The first-order valence-electron chi connectivity index (χ1n) is 2.58. The van der Waals surface area contributed by atoms with Crippen LogP contribution in [0.4, 0.5) is 5.69 Å². The number of aromatic hydroxyl groups is 1. The van der Waals surface area contributed by atoms with Gasteiger partial charge < -0.3 is 10.2 Å². The molecule has 0 aromatic heterocycles. The fourth-order valence-electron chi connectivity index (χ4n) is 0.596. The highest BCUT2D eigenvalue weighted by Gasteiger charge is 1.87. The van der Waals surface area contributed by atoms with Crippen LogP contribution in [0.15, 0.2) is 24.3 Å². The van der Waals surface area contributed by atoms with E-state index in [9.17, 15) is 0 Å². The number of hydrogen-bond donors (Lipinski definition) is 2. The third-order valence-electron chi connectivity index (χ3n) is 1.01. The molecule has 1 aromatic rings. The third-order valence-corrected chi connectivity index (χ3v) is 1.35. The zero-order valence-corrected chi connectivity index (χ0v) is 5.99. The first kappa shape index (κ1) is 6.37. The highest BCUT2D eigenvalue weighted by molar-refractivity contribution is 7.18. The maximum absolute atomic E-state index is 8.89. The monoisotopic (exact) mass is 141 g/mol. The van der Waals surface area contributed by atoms with Gasteiger partial charge >= 0.3 is 0 Å². The van der Waals surface area contributed by atoms with Gasteiger partial charge in [0.2, 0.25) is 0 Å². The Hall–Kier alpha value is -0.750. The molecule has 0 aliphatic rings. The Balaban J connectivity index is 2.94. The van der Waals surface area contributed by atoms with Crippen molar-refractivity contribution in [3.63, 3.8) is 0 Å². The summed E-state index contributed by atoms with van der Waals surface area (Å²) in [5.41, 5.74) is 0.889. The number of phenols is 1. The van der Waals surface area contributed by atoms with E-state index in [4.69, 9.17) is 5.11 Å². The second-order valence-corrected chi connectivity index (χ2v) is 1.98. The van der Waals surface area contributed by atoms with Crippen molar-refractivity contribution in [3.8, 4) is 5.75 Å². The van der Waals surface area contributed by atoms with Crippen molar-refractivity contribution < 1.29 is 5.11 Å². The summed E-state index contributed by atoms with van der Waals surface area (Å²) >= 11 is 0. The van der Waals surface area contributed by atoms with E-state index in [2.05, 4.69) is 14.5 Å². The van der Waals surface area contributed by atoms with Crippen molar-refractivity contribution in [2.45, 2.75) is 0 Å². The molecule has 0 spiro atoms. The molecule has 0 saturated heterocycles. The van der Waals surface area contributed by atoms with Crippen LogP contribution in [-0.4, -0.2) is 5.11 Å². The number of rotatable bonds is 1. The summed E-state index contributed by atoms with van der Waals surface area (Å²) in [6.07, 6.45) is 0. The van der Waals surface area contributed by atoms with Crippen molar-refractivity contribution in [2.24, 2.45) is 0 Å². The van der Waals surface area contributed by atoms with Gasteiger partial charge in [0.05, 0.1) is 0 Å². The quantitative estimate of drug-likeness (QED) is 0.582. The highest BCUT2D eigenvalue weighted by atomic mass is 31.0. The van der Waals surface area contributed by atoms with Crippen molar-refractivity contribution >= 4 is 15.1 Å². The summed E-state index contributed by atoms with van der Waals surface area (Å²) in [5, 5.41) is 11.7. The average Bonchev–Trinajstić information content (AvgIpc) is 1.88. The Labute approximate surface area is 56.2 Å². The van der Waals surface area contributed by atoms with Gasteiger partial charge in [-0.2, -0.15) is 0 Å². The molecule has 48 valence electrons. The standard InChI is InChI=1S/C6H8NOP/c8-6-3-1-2-5(4-6)7-9/h1-4,7-8H,9H2. The lowest BCUT2D eigenvalue weighted by Gasteiger charge is -1.97. The highest BCUT2D eigenvalue weighted by Crippen LogP contribution is 2.15. The van der Waals surface area contributed by atoms with Gasteiger partial charge in [-0.3, -0.25) is 0 Å². The summed E-state index contributed by atoms with van der Waals surface area (Å²) in [6.45, 7) is 0. The Morgan fingerprint density at radius 1 is 1.44 bits per heavy atom. The normalized spacial score (nSPS) is 9.00. The maximum Gasteiger partial charge on any atom is 0.117 e. The lowest BCUT2D eigenvalue weighted by Crippen LogP contribution is -1.75. The Kier molecular flexibility index (Phi) is 1.91. The van der Waals surface area contributed by atoms with E-state index in [1.54, 1.807) is 18.2 Å². The summed E-state index contributed by atoms with van der Waals surface area (Å²) in [4.78, 5) is 0. The molecule has 1 atom stereocenters. The molecule has 0 bridgehead atoms. The summed E-state index contributed by atoms with van der Waals surface area (Å²) in [6, 6.07) is 6.92. The molecule has 3 heteroatoms. The number of nitrogens with one attached hydrogen (secondary N) is 1. The molecule has 1 unspecified atom stereocenters. The topological polar surface area (TPSA) is 32.3 Å². The minimum atomic E-state index is 0.280. The largest absolute Gasteiger partial charge is 0.508 e. The zero-order valence-electron chi connectivity index (χ0n) is 4.83. The van der Waals surface area contributed by atoms with Crippen molar-refractivity contribution in [1.82, 2.24) is 0 Å². The van der Waals surface area contributed by atoms with Crippen LogP contribution in [-0.2, 0) is 0 Å². The van der Waals surface area contributed by atoms with E-state index >= 15 is 0 Å². The van der Waals surface area contributed by atoms with Crippen molar-refractivity contribution in [3.05, 3.63) is 24.3 Å². The summed E-state index contributed by atoms with van der Waals surface area (Å²) < 4.78 is 0. The van der Waals surface area contributed by atoms with Crippen LogP contribution in [0.3, 0.4) is 0 Å². The van der Waals surface area contributed by atoms with E-state index in [1.807, 2.05) is 6.07 Å². The van der Waals surface area contributed by atoms with Crippen LogP contribution in [0, 0.1) is 0 Å². The summed E-state index contributed by atoms with van der Waals surface area (Å²) in [7, 11) is 2.35.